The van der Waals surface area contributed by atoms with Gasteiger partial charge in [0.25, 0.3) is 0 Å². The monoisotopic (exact) mass is 237 g/mol. The fourth-order valence-corrected chi connectivity index (χ4v) is 2.83. The van der Waals surface area contributed by atoms with Crippen LogP contribution in [0.15, 0.2) is 18.2 Å². The van der Waals surface area contributed by atoms with Crippen molar-refractivity contribution < 1.29 is 5.11 Å². The zero-order valence-corrected chi connectivity index (χ0v) is 11.0. The molecule has 88 valence electrons. The van der Waals surface area contributed by atoms with E-state index in [9.17, 15) is 5.11 Å². The normalized spacial score (nSPS) is 23.0. The summed E-state index contributed by atoms with van der Waals surface area (Å²) in [4.78, 5) is 2.25. The number of anilines is 1. The number of rotatable bonds is 1. The van der Waals surface area contributed by atoms with Gasteiger partial charge in [-0.1, -0.05) is 6.07 Å². The van der Waals surface area contributed by atoms with E-state index in [1.54, 1.807) is 6.07 Å². The molecule has 0 saturated carbocycles. The summed E-state index contributed by atoms with van der Waals surface area (Å²) in [5.74, 6) is 1.67. The number of fused-ring (bicyclic) bond motifs is 1. The molecule has 0 aromatic heterocycles. The van der Waals surface area contributed by atoms with Crippen LogP contribution in [-0.4, -0.2) is 23.4 Å². The molecule has 1 aromatic rings. The maximum Gasteiger partial charge on any atom is 0.117 e. The smallest absolute Gasteiger partial charge is 0.117 e. The van der Waals surface area contributed by atoms with E-state index in [-0.39, 0.29) is 5.54 Å². The molecule has 0 amide bonds. The number of thiol groups is 1. The Morgan fingerprint density at radius 2 is 2.19 bits per heavy atom. The van der Waals surface area contributed by atoms with Crippen LogP contribution in [0.25, 0.3) is 0 Å². The molecule has 0 aliphatic carbocycles. The molecule has 2 nitrogen and oxygen atoms in total. The summed E-state index contributed by atoms with van der Waals surface area (Å²) in [5, 5.41) is 9.59. The van der Waals surface area contributed by atoms with Gasteiger partial charge in [0, 0.05) is 24.3 Å². The molecule has 16 heavy (non-hydrogen) atoms. The van der Waals surface area contributed by atoms with Gasteiger partial charge in [-0.3, -0.25) is 0 Å². The van der Waals surface area contributed by atoms with Gasteiger partial charge in [-0.25, -0.2) is 0 Å². The first-order valence-electron chi connectivity index (χ1n) is 5.63. The highest BCUT2D eigenvalue weighted by molar-refractivity contribution is 7.80. The maximum absolute atomic E-state index is 9.59. The van der Waals surface area contributed by atoms with Crippen molar-refractivity contribution in [3.63, 3.8) is 0 Å². The Balaban J connectivity index is 2.54. The highest BCUT2D eigenvalue weighted by atomic mass is 32.1. The van der Waals surface area contributed by atoms with Crippen molar-refractivity contribution in [1.82, 2.24) is 0 Å². The van der Waals surface area contributed by atoms with Crippen molar-refractivity contribution in [2.24, 2.45) is 0 Å². The molecule has 1 N–H and O–H groups in total. The molecule has 0 radical (unpaired) electrons. The zero-order chi connectivity index (χ0) is 11.9. The minimum Gasteiger partial charge on any atom is -0.508 e. The molecular formula is C13H19NOS. The van der Waals surface area contributed by atoms with Crippen LogP contribution >= 0.6 is 12.6 Å². The third-order valence-electron chi connectivity index (χ3n) is 3.69. The largest absolute Gasteiger partial charge is 0.508 e. The SMILES string of the molecule is CN1c2cc(O)ccc2C(CS)CC1(C)C. The van der Waals surface area contributed by atoms with Crippen molar-refractivity contribution in [2.45, 2.75) is 31.7 Å². The van der Waals surface area contributed by atoms with Crippen LogP contribution in [0.5, 0.6) is 5.75 Å². The predicted octanol–water partition coefficient (Wildman–Crippen LogP) is 3.02. The van der Waals surface area contributed by atoms with Crippen molar-refractivity contribution in [2.75, 3.05) is 17.7 Å². The van der Waals surface area contributed by atoms with Crippen LogP contribution in [-0.2, 0) is 0 Å². The highest BCUT2D eigenvalue weighted by Gasteiger charge is 2.35. The third-order valence-corrected chi connectivity index (χ3v) is 4.13. The van der Waals surface area contributed by atoms with E-state index in [1.807, 2.05) is 12.1 Å². The molecule has 3 heteroatoms. The van der Waals surface area contributed by atoms with Gasteiger partial charge in [0.2, 0.25) is 0 Å². The quantitative estimate of drug-likeness (QED) is 0.733. The molecule has 0 bridgehead atoms. The molecule has 1 atom stereocenters. The van der Waals surface area contributed by atoms with Crippen LogP contribution in [0.3, 0.4) is 0 Å². The number of phenols is 1. The summed E-state index contributed by atoms with van der Waals surface area (Å²) in [6.07, 6.45) is 1.10. The molecule has 1 aromatic carbocycles. The van der Waals surface area contributed by atoms with Crippen molar-refractivity contribution in [3.05, 3.63) is 23.8 Å². The minimum absolute atomic E-state index is 0.119. The number of hydrogen-bond donors (Lipinski definition) is 2. The average molecular weight is 237 g/mol. The van der Waals surface area contributed by atoms with Gasteiger partial charge in [0.1, 0.15) is 5.75 Å². The Morgan fingerprint density at radius 3 is 2.81 bits per heavy atom. The first-order valence-corrected chi connectivity index (χ1v) is 6.26. The van der Waals surface area contributed by atoms with E-state index in [0.29, 0.717) is 11.7 Å². The molecule has 1 heterocycles. The van der Waals surface area contributed by atoms with Gasteiger partial charge in [-0.15, -0.1) is 0 Å². The first kappa shape index (κ1) is 11.6. The van der Waals surface area contributed by atoms with Crippen molar-refractivity contribution in [1.29, 1.82) is 0 Å². The second kappa shape index (κ2) is 3.88. The summed E-state index contributed by atoms with van der Waals surface area (Å²) in [6, 6.07) is 5.64. The Bertz CT molecular complexity index is 403. The number of aromatic hydroxyl groups is 1. The predicted molar refractivity (Wildman–Crippen MR) is 71.8 cm³/mol. The molecule has 0 saturated heterocycles. The molecule has 0 fully saturated rings. The Hall–Kier alpha value is -0.830. The summed E-state index contributed by atoms with van der Waals surface area (Å²) in [6.45, 7) is 4.47. The summed E-state index contributed by atoms with van der Waals surface area (Å²) < 4.78 is 0. The minimum atomic E-state index is 0.119. The lowest BCUT2D eigenvalue weighted by Crippen LogP contribution is -2.46. The lowest BCUT2D eigenvalue weighted by molar-refractivity contribution is 0.396. The van der Waals surface area contributed by atoms with Crippen molar-refractivity contribution >= 4 is 18.3 Å². The maximum atomic E-state index is 9.59. The van der Waals surface area contributed by atoms with Gasteiger partial charge in [-0.2, -0.15) is 12.6 Å². The van der Waals surface area contributed by atoms with E-state index in [4.69, 9.17) is 0 Å². The summed E-state index contributed by atoms with van der Waals surface area (Å²) >= 11 is 4.44. The first-order chi connectivity index (χ1) is 7.45. The second-order valence-electron chi connectivity index (χ2n) is 5.20. The van der Waals surface area contributed by atoms with E-state index >= 15 is 0 Å². The molecule has 2 rings (SSSR count). The number of hydrogen-bond acceptors (Lipinski definition) is 3. The van der Waals surface area contributed by atoms with E-state index < -0.39 is 0 Å². The van der Waals surface area contributed by atoms with E-state index in [1.165, 1.54) is 5.56 Å². The summed E-state index contributed by atoms with van der Waals surface area (Å²) in [5.41, 5.74) is 2.55. The lowest BCUT2D eigenvalue weighted by atomic mass is 9.80. The fourth-order valence-electron chi connectivity index (χ4n) is 2.51. The van der Waals surface area contributed by atoms with Gasteiger partial charge < -0.3 is 10.0 Å². The van der Waals surface area contributed by atoms with Crippen LogP contribution in [0.2, 0.25) is 0 Å². The van der Waals surface area contributed by atoms with Gasteiger partial charge in [0.15, 0.2) is 0 Å². The molecule has 1 aliphatic heterocycles. The molecular weight excluding hydrogens is 218 g/mol. The third kappa shape index (κ3) is 1.77. The van der Waals surface area contributed by atoms with Gasteiger partial charge in [-0.05, 0) is 43.6 Å². The van der Waals surface area contributed by atoms with Crippen LogP contribution in [0.4, 0.5) is 5.69 Å². The van der Waals surface area contributed by atoms with Gasteiger partial charge >= 0.3 is 0 Å². The standard InChI is InChI=1S/C13H19NOS/c1-13(2)7-9(8-16)11-5-4-10(15)6-12(11)14(13)3/h4-6,9,15-16H,7-8H2,1-3H3. The molecule has 1 unspecified atom stereocenters. The highest BCUT2D eigenvalue weighted by Crippen LogP contribution is 2.44. The van der Waals surface area contributed by atoms with Crippen molar-refractivity contribution in [3.8, 4) is 5.75 Å². The molecule has 1 aliphatic rings. The fraction of sp³-hybridized carbons (Fsp3) is 0.538. The van der Waals surface area contributed by atoms with Crippen LogP contribution < -0.4 is 4.90 Å². The van der Waals surface area contributed by atoms with Gasteiger partial charge in [0.05, 0.1) is 0 Å². The number of nitrogens with zero attached hydrogens (tertiary/aromatic N) is 1. The molecule has 0 spiro atoms. The average Bonchev–Trinajstić information content (AvgIpc) is 2.24. The summed E-state index contributed by atoms with van der Waals surface area (Å²) in [7, 11) is 2.09. The zero-order valence-electron chi connectivity index (χ0n) is 10.1. The van der Waals surface area contributed by atoms with Crippen LogP contribution in [0, 0.1) is 0 Å². The lowest BCUT2D eigenvalue weighted by Gasteiger charge is -2.46. The Labute approximate surface area is 103 Å². The topological polar surface area (TPSA) is 23.5 Å². The van der Waals surface area contributed by atoms with Crippen LogP contribution in [0.1, 0.15) is 31.7 Å². The second-order valence-corrected chi connectivity index (χ2v) is 5.56. The number of phenolic OH excluding ortho intramolecular Hbond substituents is 1. The number of benzene rings is 1. The van der Waals surface area contributed by atoms with E-state index in [0.717, 1.165) is 17.9 Å². The Kier molecular flexibility index (Phi) is 2.82. The Morgan fingerprint density at radius 1 is 1.50 bits per heavy atom. The van der Waals surface area contributed by atoms with E-state index in [2.05, 4.69) is 38.4 Å².